The Hall–Kier alpha value is -3.28. The van der Waals surface area contributed by atoms with Gasteiger partial charge in [-0.15, -0.1) is 10.2 Å². The molecule has 0 saturated carbocycles. The first kappa shape index (κ1) is 16.2. The van der Waals surface area contributed by atoms with Crippen LogP contribution in [0.3, 0.4) is 0 Å². The maximum Gasteiger partial charge on any atom is 0.226 e. The van der Waals surface area contributed by atoms with Crippen LogP contribution >= 0.6 is 0 Å². The fourth-order valence-corrected chi connectivity index (χ4v) is 2.68. The van der Waals surface area contributed by atoms with Gasteiger partial charge in [0.25, 0.3) is 0 Å². The highest BCUT2D eigenvalue weighted by atomic mass is 16.3. The smallest absolute Gasteiger partial charge is 0.226 e. The molecule has 4 rings (SSSR count). The third-order valence-corrected chi connectivity index (χ3v) is 4.16. The topological polar surface area (TPSA) is 69.6 Å². The van der Waals surface area contributed by atoms with Gasteiger partial charge in [0.05, 0.1) is 0 Å². The molecule has 4 aromatic rings. The summed E-state index contributed by atoms with van der Waals surface area (Å²) in [6, 6.07) is 18.0. The quantitative estimate of drug-likeness (QED) is 0.543. The maximum atomic E-state index is 5.55. The highest BCUT2D eigenvalue weighted by Crippen LogP contribution is 2.20. The van der Waals surface area contributed by atoms with Gasteiger partial charge in [-0.25, -0.2) is 4.98 Å². The lowest BCUT2D eigenvalue weighted by molar-refractivity contribution is 0.550. The average Bonchev–Trinajstić information content (AvgIpc) is 3.33. The summed E-state index contributed by atoms with van der Waals surface area (Å²) in [5, 5.41) is 12.7. The Balaban J connectivity index is 1.49. The molecule has 6 heteroatoms. The Bertz CT molecular complexity index is 986. The third-order valence-electron chi connectivity index (χ3n) is 4.16. The van der Waals surface area contributed by atoms with Crippen LogP contribution in [0.15, 0.2) is 65.3 Å². The van der Waals surface area contributed by atoms with Crippen molar-refractivity contribution in [3.63, 3.8) is 0 Å². The number of benzene rings is 2. The summed E-state index contributed by atoms with van der Waals surface area (Å²) >= 11 is 0. The zero-order valence-corrected chi connectivity index (χ0v) is 14.7. The van der Waals surface area contributed by atoms with Crippen molar-refractivity contribution in [3.8, 4) is 22.8 Å². The number of rotatable bonds is 5. The van der Waals surface area contributed by atoms with Crippen LogP contribution in [0.1, 0.15) is 31.0 Å². The van der Waals surface area contributed by atoms with Gasteiger partial charge >= 0.3 is 0 Å². The molecule has 0 aliphatic heterocycles. The number of nitrogens with zero attached hydrogens (tertiary/aromatic N) is 5. The van der Waals surface area contributed by atoms with E-state index >= 15 is 0 Å². The predicted octanol–water partition coefficient (Wildman–Crippen LogP) is 4.17. The molecule has 2 aromatic heterocycles. The lowest BCUT2D eigenvalue weighted by atomic mass is 10.0. The second-order valence-corrected chi connectivity index (χ2v) is 6.43. The normalized spacial score (nSPS) is 11.2. The van der Waals surface area contributed by atoms with Crippen LogP contribution in [0.4, 0.5) is 0 Å². The van der Waals surface area contributed by atoms with Gasteiger partial charge in [0.1, 0.15) is 18.5 Å². The Morgan fingerprint density at radius 1 is 0.962 bits per heavy atom. The number of aromatic nitrogens is 5. The van der Waals surface area contributed by atoms with Crippen LogP contribution in [0.5, 0.6) is 0 Å². The zero-order valence-electron chi connectivity index (χ0n) is 14.7. The summed E-state index contributed by atoms with van der Waals surface area (Å²) in [5.74, 6) is 1.69. The van der Waals surface area contributed by atoms with E-state index in [1.807, 2.05) is 42.5 Å². The van der Waals surface area contributed by atoms with Crippen LogP contribution in [0.25, 0.3) is 22.8 Å². The number of tetrazole rings is 1. The van der Waals surface area contributed by atoms with Gasteiger partial charge in [-0.2, -0.15) is 4.80 Å². The first-order valence-corrected chi connectivity index (χ1v) is 8.57. The molecule has 0 unspecified atom stereocenters. The summed E-state index contributed by atoms with van der Waals surface area (Å²) < 4.78 is 5.55. The monoisotopic (exact) mass is 345 g/mol. The third kappa shape index (κ3) is 3.39. The first-order chi connectivity index (χ1) is 12.7. The van der Waals surface area contributed by atoms with Crippen molar-refractivity contribution in [2.24, 2.45) is 0 Å². The van der Waals surface area contributed by atoms with Crippen LogP contribution < -0.4 is 0 Å². The van der Waals surface area contributed by atoms with Crippen LogP contribution in [-0.2, 0) is 6.54 Å². The van der Waals surface area contributed by atoms with E-state index < -0.39 is 0 Å². The van der Waals surface area contributed by atoms with Crippen molar-refractivity contribution in [1.29, 1.82) is 0 Å². The first-order valence-electron chi connectivity index (χ1n) is 8.57. The Morgan fingerprint density at radius 3 is 2.46 bits per heavy atom. The summed E-state index contributed by atoms with van der Waals surface area (Å²) in [6.07, 6.45) is 1.63. The molecular formula is C20H19N5O. The summed E-state index contributed by atoms with van der Waals surface area (Å²) in [6.45, 7) is 4.75. The molecule has 2 heterocycles. The van der Waals surface area contributed by atoms with Gasteiger partial charge in [0, 0.05) is 11.1 Å². The van der Waals surface area contributed by atoms with E-state index in [0.717, 1.165) is 16.8 Å². The lowest BCUT2D eigenvalue weighted by Gasteiger charge is -2.04. The van der Waals surface area contributed by atoms with Crippen molar-refractivity contribution in [3.05, 3.63) is 72.1 Å². The van der Waals surface area contributed by atoms with Crippen LogP contribution in [0, 0.1) is 0 Å². The molecule has 0 spiro atoms. The molecule has 0 aliphatic carbocycles. The van der Waals surface area contributed by atoms with E-state index in [9.17, 15) is 0 Å². The van der Waals surface area contributed by atoms with Gasteiger partial charge < -0.3 is 4.42 Å². The molecule has 0 radical (unpaired) electrons. The molecule has 0 amide bonds. The number of hydrogen-bond acceptors (Lipinski definition) is 5. The molecule has 6 nitrogen and oxygen atoms in total. The van der Waals surface area contributed by atoms with Crippen molar-refractivity contribution in [2.45, 2.75) is 26.3 Å². The van der Waals surface area contributed by atoms with E-state index in [-0.39, 0.29) is 0 Å². The molecule has 0 aliphatic rings. The van der Waals surface area contributed by atoms with E-state index in [2.05, 4.69) is 46.4 Å². The standard InChI is InChI=1S/C20H19N5O/c1-14(2)15-8-10-16(11-9-15)19-22-24-25(23-19)12-18-13-26-20(21-18)17-6-4-3-5-7-17/h3-11,13-14H,12H2,1-2H3. The Kier molecular flexibility index (Phi) is 4.31. The van der Waals surface area contributed by atoms with Crippen molar-refractivity contribution in [2.75, 3.05) is 0 Å². The fourth-order valence-electron chi connectivity index (χ4n) is 2.68. The van der Waals surface area contributed by atoms with E-state index in [0.29, 0.717) is 24.2 Å². The summed E-state index contributed by atoms with van der Waals surface area (Å²) in [7, 11) is 0. The minimum absolute atomic E-state index is 0.410. The Morgan fingerprint density at radius 2 is 1.73 bits per heavy atom. The van der Waals surface area contributed by atoms with Gasteiger partial charge in [-0.3, -0.25) is 0 Å². The average molecular weight is 345 g/mol. The summed E-state index contributed by atoms with van der Waals surface area (Å²) in [5.41, 5.74) is 3.93. The van der Waals surface area contributed by atoms with E-state index in [1.165, 1.54) is 10.4 Å². The largest absolute Gasteiger partial charge is 0.444 e. The molecule has 26 heavy (non-hydrogen) atoms. The lowest BCUT2D eigenvalue weighted by Crippen LogP contribution is -2.04. The number of oxazole rings is 1. The van der Waals surface area contributed by atoms with Crippen LogP contribution in [0.2, 0.25) is 0 Å². The van der Waals surface area contributed by atoms with Crippen LogP contribution in [-0.4, -0.2) is 25.2 Å². The van der Waals surface area contributed by atoms with Gasteiger partial charge in [0.2, 0.25) is 11.7 Å². The molecule has 130 valence electrons. The molecular weight excluding hydrogens is 326 g/mol. The SMILES string of the molecule is CC(C)c1ccc(-c2nnn(Cc3coc(-c4ccccc4)n3)n2)cc1. The molecule has 0 fully saturated rings. The maximum absolute atomic E-state index is 5.55. The molecule has 2 aromatic carbocycles. The van der Waals surface area contributed by atoms with E-state index in [1.54, 1.807) is 6.26 Å². The molecule has 0 saturated heterocycles. The van der Waals surface area contributed by atoms with Crippen molar-refractivity contribution in [1.82, 2.24) is 25.2 Å². The number of hydrogen-bond donors (Lipinski definition) is 0. The highest BCUT2D eigenvalue weighted by Gasteiger charge is 2.10. The summed E-state index contributed by atoms with van der Waals surface area (Å²) in [4.78, 5) is 6.02. The molecule has 0 N–H and O–H groups in total. The molecule has 0 bridgehead atoms. The minimum atomic E-state index is 0.410. The fraction of sp³-hybridized carbons (Fsp3) is 0.200. The molecule has 0 atom stereocenters. The predicted molar refractivity (Wildman–Crippen MR) is 98.4 cm³/mol. The highest BCUT2D eigenvalue weighted by molar-refractivity contribution is 5.54. The van der Waals surface area contributed by atoms with E-state index in [4.69, 9.17) is 4.42 Å². The van der Waals surface area contributed by atoms with Gasteiger partial charge in [-0.1, -0.05) is 56.3 Å². The zero-order chi connectivity index (χ0) is 17.9. The second-order valence-electron chi connectivity index (χ2n) is 6.43. The Labute approximate surface area is 151 Å². The van der Waals surface area contributed by atoms with Gasteiger partial charge in [-0.05, 0) is 28.8 Å². The van der Waals surface area contributed by atoms with Gasteiger partial charge in [0.15, 0.2) is 0 Å². The van der Waals surface area contributed by atoms with Crippen molar-refractivity contribution < 1.29 is 4.42 Å². The van der Waals surface area contributed by atoms with Crippen molar-refractivity contribution >= 4 is 0 Å². The second kappa shape index (κ2) is 6.92. The minimum Gasteiger partial charge on any atom is -0.444 e.